The van der Waals surface area contributed by atoms with Gasteiger partial charge < -0.3 is 10.1 Å². The van der Waals surface area contributed by atoms with Crippen molar-refractivity contribution in [2.24, 2.45) is 5.92 Å². The van der Waals surface area contributed by atoms with Gasteiger partial charge in [0, 0.05) is 16.1 Å². The van der Waals surface area contributed by atoms with Gasteiger partial charge in [-0.3, -0.25) is 4.79 Å². The number of aryl methyl sites for hydroxylation is 2. The molecule has 0 fully saturated rings. The molecule has 0 saturated heterocycles. The topological polar surface area (TPSA) is 68.3 Å². The lowest BCUT2D eigenvalue weighted by Crippen LogP contribution is -2.20. The summed E-state index contributed by atoms with van der Waals surface area (Å²) in [6.07, 6.45) is 3.18. The third kappa shape index (κ3) is 4.84. The number of thiazole rings is 1. The van der Waals surface area contributed by atoms with Gasteiger partial charge in [0.2, 0.25) is 0 Å². The summed E-state index contributed by atoms with van der Waals surface area (Å²) in [4.78, 5) is 31.2. The third-order valence-electron chi connectivity index (χ3n) is 5.82. The van der Waals surface area contributed by atoms with E-state index in [2.05, 4.69) is 31.3 Å². The van der Waals surface area contributed by atoms with Crippen molar-refractivity contribution >= 4 is 50.5 Å². The summed E-state index contributed by atoms with van der Waals surface area (Å²) in [5, 5.41) is 3.73. The van der Waals surface area contributed by atoms with Crippen molar-refractivity contribution in [1.82, 2.24) is 4.98 Å². The van der Waals surface area contributed by atoms with E-state index in [0.29, 0.717) is 16.5 Å². The number of rotatable bonds is 5. The van der Waals surface area contributed by atoms with Crippen LogP contribution in [0.4, 0.5) is 5.69 Å². The lowest BCUT2D eigenvalue weighted by molar-refractivity contribution is -0.119. The molecule has 7 heteroatoms. The summed E-state index contributed by atoms with van der Waals surface area (Å²) >= 11 is 3.14. The van der Waals surface area contributed by atoms with E-state index in [1.165, 1.54) is 27.3 Å². The molecule has 1 atom stereocenters. The van der Waals surface area contributed by atoms with E-state index in [4.69, 9.17) is 9.72 Å². The normalized spacial score (nSPS) is 15.3. The average molecular weight is 477 g/mol. The van der Waals surface area contributed by atoms with Gasteiger partial charge in [-0.15, -0.1) is 22.7 Å². The highest BCUT2D eigenvalue weighted by Crippen LogP contribution is 2.33. The van der Waals surface area contributed by atoms with Crippen LogP contribution in [0.5, 0.6) is 0 Å². The molecule has 0 spiro atoms. The number of nitrogens with zero attached hydrogens (tertiary/aromatic N) is 1. The zero-order valence-corrected chi connectivity index (χ0v) is 20.1. The van der Waals surface area contributed by atoms with E-state index in [9.17, 15) is 9.59 Å². The molecule has 2 aromatic heterocycles. The number of amides is 1. The molecular weight excluding hydrogens is 452 g/mol. The van der Waals surface area contributed by atoms with Crippen LogP contribution in [0.3, 0.4) is 0 Å². The molecule has 1 unspecified atom stereocenters. The molecule has 5 nitrogen and oxygen atoms in total. The number of aromatic nitrogens is 1. The monoisotopic (exact) mass is 476 g/mol. The lowest BCUT2D eigenvalue weighted by Gasteiger charge is -2.16. The van der Waals surface area contributed by atoms with Crippen LogP contribution < -0.4 is 5.32 Å². The smallest absolute Gasteiger partial charge is 0.348 e. The van der Waals surface area contributed by atoms with Crippen LogP contribution in [0.15, 0.2) is 48.5 Å². The molecule has 5 rings (SSSR count). The first-order chi connectivity index (χ1) is 15.9. The second-order valence-electron chi connectivity index (χ2n) is 8.60. The maximum atomic E-state index is 12.4. The van der Waals surface area contributed by atoms with Crippen molar-refractivity contribution in [3.05, 3.63) is 69.4 Å². The quantitative estimate of drug-likeness (QED) is 0.346. The molecule has 1 aliphatic carbocycles. The summed E-state index contributed by atoms with van der Waals surface area (Å²) in [5.74, 6) is -0.146. The van der Waals surface area contributed by atoms with Crippen molar-refractivity contribution < 1.29 is 14.3 Å². The Labute approximate surface area is 200 Å². The van der Waals surface area contributed by atoms with Gasteiger partial charge in [-0.1, -0.05) is 13.0 Å². The fourth-order valence-electron chi connectivity index (χ4n) is 4.06. The minimum absolute atomic E-state index is 0.309. The highest BCUT2D eigenvalue weighted by atomic mass is 32.1. The van der Waals surface area contributed by atoms with Crippen molar-refractivity contribution in [1.29, 1.82) is 0 Å². The number of anilines is 1. The van der Waals surface area contributed by atoms with Gasteiger partial charge >= 0.3 is 5.97 Å². The Morgan fingerprint density at radius 3 is 2.76 bits per heavy atom. The zero-order valence-electron chi connectivity index (χ0n) is 18.5. The molecule has 2 aromatic carbocycles. The van der Waals surface area contributed by atoms with Gasteiger partial charge in [-0.05, 0) is 85.7 Å². The Kier molecular flexibility index (Phi) is 6.00. The number of benzene rings is 2. The summed E-state index contributed by atoms with van der Waals surface area (Å²) in [7, 11) is 0. The van der Waals surface area contributed by atoms with Crippen LogP contribution in [0.25, 0.3) is 20.8 Å². The largest absolute Gasteiger partial charge is 0.451 e. The average Bonchev–Trinajstić information content (AvgIpc) is 3.41. The fourth-order valence-corrected chi connectivity index (χ4v) is 6.23. The lowest BCUT2D eigenvalue weighted by atomic mass is 9.90. The van der Waals surface area contributed by atoms with E-state index in [-0.39, 0.29) is 12.5 Å². The van der Waals surface area contributed by atoms with E-state index >= 15 is 0 Å². The molecule has 0 radical (unpaired) electrons. The minimum Gasteiger partial charge on any atom is -0.451 e. The predicted molar refractivity (Wildman–Crippen MR) is 134 cm³/mol. The number of esters is 1. The van der Waals surface area contributed by atoms with E-state index in [0.717, 1.165) is 40.1 Å². The zero-order chi connectivity index (χ0) is 22.9. The van der Waals surface area contributed by atoms with E-state index < -0.39 is 5.97 Å². The number of carbonyl (C=O) groups is 2. The summed E-state index contributed by atoms with van der Waals surface area (Å²) in [6.45, 7) is 3.99. The molecule has 33 heavy (non-hydrogen) atoms. The molecule has 0 saturated carbocycles. The number of fused-ring (bicyclic) bond motifs is 2. The van der Waals surface area contributed by atoms with Crippen LogP contribution >= 0.6 is 22.7 Å². The first-order valence-electron chi connectivity index (χ1n) is 11.0. The van der Waals surface area contributed by atoms with Gasteiger partial charge in [0.25, 0.3) is 5.91 Å². The number of hydrogen-bond acceptors (Lipinski definition) is 6. The number of ether oxygens (including phenoxy) is 1. The number of carbonyl (C=O) groups excluding carboxylic acids is 2. The molecule has 1 amide bonds. The summed E-state index contributed by atoms with van der Waals surface area (Å²) in [6, 6.07) is 15.7. The van der Waals surface area contributed by atoms with Gasteiger partial charge in [-0.2, -0.15) is 0 Å². The Bertz CT molecular complexity index is 1340. The van der Waals surface area contributed by atoms with E-state index in [1.807, 2.05) is 36.4 Å². The van der Waals surface area contributed by atoms with Crippen LogP contribution in [0.2, 0.25) is 0 Å². The number of hydrogen-bond donors (Lipinski definition) is 1. The summed E-state index contributed by atoms with van der Waals surface area (Å²) in [5.41, 5.74) is 5.09. The molecule has 4 aromatic rings. The molecule has 0 aliphatic heterocycles. The van der Waals surface area contributed by atoms with Crippen LogP contribution in [0, 0.1) is 12.8 Å². The Hall–Kier alpha value is -3.03. The second kappa shape index (κ2) is 9.08. The van der Waals surface area contributed by atoms with Gasteiger partial charge in [0.15, 0.2) is 6.61 Å². The maximum Gasteiger partial charge on any atom is 0.348 e. The number of nitrogens with one attached hydrogen (secondary N) is 1. The van der Waals surface area contributed by atoms with Gasteiger partial charge in [-0.25, -0.2) is 9.78 Å². The highest BCUT2D eigenvalue weighted by Gasteiger charge is 2.21. The molecule has 1 aliphatic rings. The van der Waals surface area contributed by atoms with Crippen LogP contribution in [0.1, 0.15) is 39.0 Å². The molecule has 168 valence electrons. The van der Waals surface area contributed by atoms with Crippen molar-refractivity contribution in [2.75, 3.05) is 11.9 Å². The minimum atomic E-state index is -0.432. The molecule has 0 bridgehead atoms. The second-order valence-corrected chi connectivity index (χ2v) is 10.8. The Morgan fingerprint density at radius 2 is 1.94 bits per heavy atom. The van der Waals surface area contributed by atoms with Crippen molar-refractivity contribution in [3.63, 3.8) is 0 Å². The predicted octanol–water partition coefficient (Wildman–Crippen LogP) is 6.25. The van der Waals surface area contributed by atoms with Gasteiger partial charge in [0.05, 0.1) is 10.2 Å². The fraction of sp³-hybridized carbons (Fsp3) is 0.269. The van der Waals surface area contributed by atoms with E-state index in [1.54, 1.807) is 11.3 Å². The van der Waals surface area contributed by atoms with Crippen molar-refractivity contribution in [2.45, 2.75) is 33.1 Å². The standard InChI is InChI=1S/C26H24N2O3S2/c1-15-4-10-21-18(11-15)13-23(32-21)26(30)31-14-24(29)27-19-7-5-17(6-8-19)25-28-20-9-3-16(2)12-22(20)33-25/h3,5-9,12-13,15H,4,10-11,14H2,1-2H3,(H,27,29). The first-order valence-corrected chi connectivity index (χ1v) is 12.6. The molecule has 1 N–H and O–H groups in total. The number of thiophene rings is 1. The Morgan fingerprint density at radius 1 is 1.12 bits per heavy atom. The molecule has 2 heterocycles. The van der Waals surface area contributed by atoms with Crippen LogP contribution in [-0.2, 0) is 22.4 Å². The first kappa shape index (κ1) is 21.8. The highest BCUT2D eigenvalue weighted by molar-refractivity contribution is 7.21. The van der Waals surface area contributed by atoms with Crippen molar-refractivity contribution in [3.8, 4) is 10.6 Å². The molecular formula is C26H24N2O3S2. The summed E-state index contributed by atoms with van der Waals surface area (Å²) < 4.78 is 6.41. The third-order valence-corrected chi connectivity index (χ3v) is 8.11. The Balaban J connectivity index is 1.17. The SMILES string of the molecule is Cc1ccc2nc(-c3ccc(NC(=O)COC(=O)c4cc5c(s4)CCC(C)C5)cc3)sc2c1. The van der Waals surface area contributed by atoms with Crippen LogP contribution in [-0.4, -0.2) is 23.5 Å². The van der Waals surface area contributed by atoms with Gasteiger partial charge in [0.1, 0.15) is 9.88 Å². The maximum absolute atomic E-state index is 12.4.